The van der Waals surface area contributed by atoms with Crippen molar-refractivity contribution in [3.63, 3.8) is 0 Å². The second-order valence-corrected chi connectivity index (χ2v) is 8.08. The lowest BCUT2D eigenvalue weighted by atomic mass is 9.87. The van der Waals surface area contributed by atoms with Crippen LogP contribution in [0.2, 0.25) is 0 Å². The van der Waals surface area contributed by atoms with Crippen molar-refractivity contribution >= 4 is 12.2 Å². The van der Waals surface area contributed by atoms with Crippen molar-refractivity contribution in [3.8, 4) is 28.0 Å². The van der Waals surface area contributed by atoms with Gasteiger partial charge in [0.2, 0.25) is 0 Å². The lowest BCUT2D eigenvalue weighted by Gasteiger charge is -2.23. The number of carboxylic acid groups (broad SMARTS) is 1. The Kier molecular flexibility index (Phi) is 5.83. The van der Waals surface area contributed by atoms with Crippen LogP contribution in [0.5, 0.6) is 5.75 Å². The van der Waals surface area contributed by atoms with E-state index in [-0.39, 0.29) is 5.75 Å². The number of nitrogens with zero attached hydrogens (tertiary/aromatic N) is 1. The summed E-state index contributed by atoms with van der Waals surface area (Å²) in [6.45, 7) is 5.50. The molecule has 0 saturated carbocycles. The van der Waals surface area contributed by atoms with Crippen molar-refractivity contribution in [2.75, 3.05) is 0 Å². The SMILES string of the molecule is CC(C)(C)[C@H](N=Cc1cc(-c2ccccc2)cc(-c2ccccc2)c1O)C(=O)O. The third kappa shape index (κ3) is 4.72. The van der Waals surface area contributed by atoms with Crippen LogP contribution in [-0.4, -0.2) is 28.4 Å². The predicted molar refractivity (Wildman–Crippen MR) is 117 cm³/mol. The van der Waals surface area contributed by atoms with Crippen LogP contribution in [0.1, 0.15) is 26.3 Å². The lowest BCUT2D eigenvalue weighted by molar-refractivity contribution is -0.140. The molecular weight excluding hydrogens is 362 g/mol. The number of benzene rings is 3. The van der Waals surface area contributed by atoms with E-state index in [1.807, 2.05) is 93.6 Å². The standard InChI is InChI=1S/C25H25NO3/c1-25(2,3)23(24(28)29)26-16-20-14-19(17-10-6-4-7-11-17)15-21(22(20)27)18-12-8-5-9-13-18/h4-16,23,27H,1-3H3,(H,28,29)/t23-/m1/s1. The maximum Gasteiger partial charge on any atom is 0.328 e. The second kappa shape index (κ2) is 8.31. The minimum atomic E-state index is -0.990. The summed E-state index contributed by atoms with van der Waals surface area (Å²) in [4.78, 5) is 16.0. The quantitative estimate of drug-likeness (QED) is 0.556. The van der Waals surface area contributed by atoms with E-state index in [0.717, 1.165) is 16.7 Å². The van der Waals surface area contributed by atoms with Crippen LogP contribution in [0.3, 0.4) is 0 Å². The Morgan fingerprint density at radius 2 is 1.45 bits per heavy atom. The molecule has 0 aliphatic carbocycles. The Hall–Kier alpha value is -3.40. The number of aliphatic imine (C=N–C) groups is 1. The summed E-state index contributed by atoms with van der Waals surface area (Å²) in [5.41, 5.74) is 3.42. The Morgan fingerprint density at radius 1 is 0.897 bits per heavy atom. The Balaban J connectivity index is 2.16. The molecule has 3 aromatic carbocycles. The third-order valence-corrected chi connectivity index (χ3v) is 4.75. The minimum Gasteiger partial charge on any atom is -0.507 e. The molecule has 148 valence electrons. The molecule has 1 atom stereocenters. The lowest BCUT2D eigenvalue weighted by Crippen LogP contribution is -2.32. The molecule has 0 unspecified atom stereocenters. The molecule has 0 bridgehead atoms. The van der Waals surface area contributed by atoms with Gasteiger partial charge in [-0.15, -0.1) is 0 Å². The molecule has 4 nitrogen and oxygen atoms in total. The van der Waals surface area contributed by atoms with Gasteiger partial charge in [0.1, 0.15) is 5.75 Å². The van der Waals surface area contributed by atoms with Crippen LogP contribution in [0.15, 0.2) is 77.8 Å². The molecule has 3 aromatic rings. The molecule has 0 radical (unpaired) electrons. The van der Waals surface area contributed by atoms with Crippen LogP contribution >= 0.6 is 0 Å². The average Bonchev–Trinajstić information content (AvgIpc) is 2.69. The van der Waals surface area contributed by atoms with Gasteiger partial charge in [0, 0.05) is 17.3 Å². The molecule has 29 heavy (non-hydrogen) atoms. The van der Waals surface area contributed by atoms with Crippen molar-refractivity contribution in [2.45, 2.75) is 26.8 Å². The van der Waals surface area contributed by atoms with Gasteiger partial charge in [-0.05, 0) is 34.2 Å². The van der Waals surface area contributed by atoms with Crippen molar-refractivity contribution in [1.29, 1.82) is 0 Å². The van der Waals surface area contributed by atoms with Crippen LogP contribution in [0, 0.1) is 5.41 Å². The number of aliphatic carboxylic acids is 1. The topological polar surface area (TPSA) is 69.9 Å². The fraction of sp³-hybridized carbons (Fsp3) is 0.200. The van der Waals surface area contributed by atoms with Gasteiger partial charge in [-0.25, -0.2) is 4.79 Å². The molecule has 0 aliphatic heterocycles. The van der Waals surface area contributed by atoms with E-state index in [9.17, 15) is 15.0 Å². The second-order valence-electron chi connectivity index (χ2n) is 8.08. The van der Waals surface area contributed by atoms with Crippen LogP contribution in [0.25, 0.3) is 22.3 Å². The number of hydrogen-bond acceptors (Lipinski definition) is 3. The highest BCUT2D eigenvalue weighted by molar-refractivity contribution is 5.93. The molecule has 0 spiro atoms. The van der Waals surface area contributed by atoms with Gasteiger partial charge in [0.25, 0.3) is 0 Å². The molecule has 4 heteroatoms. The summed E-state index contributed by atoms with van der Waals surface area (Å²) in [5, 5.41) is 20.5. The van der Waals surface area contributed by atoms with Crippen LogP contribution in [-0.2, 0) is 4.79 Å². The molecule has 0 saturated heterocycles. The first-order valence-electron chi connectivity index (χ1n) is 9.51. The Bertz CT molecular complexity index is 1020. The molecule has 0 aromatic heterocycles. The summed E-state index contributed by atoms with van der Waals surface area (Å²) < 4.78 is 0. The van der Waals surface area contributed by atoms with Crippen molar-refractivity contribution in [3.05, 3.63) is 78.4 Å². The van der Waals surface area contributed by atoms with E-state index in [1.54, 1.807) is 0 Å². The summed E-state index contributed by atoms with van der Waals surface area (Å²) in [7, 11) is 0. The van der Waals surface area contributed by atoms with Gasteiger partial charge in [-0.3, -0.25) is 4.99 Å². The summed E-state index contributed by atoms with van der Waals surface area (Å²) in [5.74, 6) is -0.909. The predicted octanol–water partition coefficient (Wildman–Crippen LogP) is 5.64. The number of carbonyl (C=O) groups is 1. The largest absolute Gasteiger partial charge is 0.507 e. The zero-order valence-corrected chi connectivity index (χ0v) is 16.8. The Morgan fingerprint density at radius 3 is 1.97 bits per heavy atom. The highest BCUT2D eigenvalue weighted by Crippen LogP contribution is 2.36. The maximum atomic E-state index is 11.7. The van der Waals surface area contributed by atoms with E-state index in [0.29, 0.717) is 11.1 Å². The molecule has 2 N–H and O–H groups in total. The number of rotatable bonds is 5. The minimum absolute atomic E-state index is 0.0812. The number of phenolic OH excluding ortho intramolecular Hbond substituents is 1. The van der Waals surface area contributed by atoms with Gasteiger partial charge in [-0.2, -0.15) is 0 Å². The zero-order chi connectivity index (χ0) is 21.0. The maximum absolute atomic E-state index is 11.7. The highest BCUT2D eigenvalue weighted by Gasteiger charge is 2.30. The number of aromatic hydroxyl groups is 1. The fourth-order valence-corrected chi connectivity index (χ4v) is 3.20. The highest BCUT2D eigenvalue weighted by atomic mass is 16.4. The van der Waals surface area contributed by atoms with Gasteiger partial charge < -0.3 is 10.2 Å². The van der Waals surface area contributed by atoms with Gasteiger partial charge in [0.05, 0.1) is 0 Å². The van der Waals surface area contributed by atoms with E-state index in [1.165, 1.54) is 6.21 Å². The van der Waals surface area contributed by atoms with Crippen molar-refractivity contribution in [2.24, 2.45) is 10.4 Å². The summed E-state index contributed by atoms with van der Waals surface area (Å²) in [6, 6.07) is 22.3. The van der Waals surface area contributed by atoms with Crippen molar-refractivity contribution < 1.29 is 15.0 Å². The van der Waals surface area contributed by atoms with E-state index >= 15 is 0 Å². The molecule has 0 aliphatic rings. The van der Waals surface area contributed by atoms with Gasteiger partial charge >= 0.3 is 5.97 Å². The van der Waals surface area contributed by atoms with Crippen molar-refractivity contribution in [1.82, 2.24) is 0 Å². The zero-order valence-electron chi connectivity index (χ0n) is 16.8. The number of phenols is 1. The van der Waals surface area contributed by atoms with Gasteiger partial charge in [0.15, 0.2) is 6.04 Å². The van der Waals surface area contributed by atoms with Crippen LogP contribution in [0.4, 0.5) is 0 Å². The van der Waals surface area contributed by atoms with Gasteiger partial charge in [-0.1, -0.05) is 81.4 Å². The van der Waals surface area contributed by atoms with E-state index < -0.39 is 17.4 Å². The first-order valence-corrected chi connectivity index (χ1v) is 9.51. The molecule has 3 rings (SSSR count). The normalized spacial score (nSPS) is 12.8. The fourth-order valence-electron chi connectivity index (χ4n) is 3.20. The molecule has 0 fully saturated rings. The summed E-state index contributed by atoms with van der Waals surface area (Å²) >= 11 is 0. The smallest absolute Gasteiger partial charge is 0.328 e. The number of carboxylic acids is 1. The Labute approximate surface area is 171 Å². The first kappa shape index (κ1) is 20.3. The molecular formula is C25H25NO3. The van der Waals surface area contributed by atoms with E-state index in [2.05, 4.69) is 4.99 Å². The average molecular weight is 387 g/mol. The first-order chi connectivity index (χ1) is 13.8. The molecule has 0 heterocycles. The number of hydrogen-bond donors (Lipinski definition) is 2. The monoisotopic (exact) mass is 387 g/mol. The van der Waals surface area contributed by atoms with Crippen LogP contribution < -0.4 is 0 Å². The molecule has 0 amide bonds. The third-order valence-electron chi connectivity index (χ3n) is 4.75. The summed E-state index contributed by atoms with van der Waals surface area (Å²) in [6.07, 6.45) is 1.47. The van der Waals surface area contributed by atoms with E-state index in [4.69, 9.17) is 0 Å².